The van der Waals surface area contributed by atoms with E-state index in [0.29, 0.717) is 17.6 Å². The third kappa shape index (κ3) is 3.56. The molecule has 0 saturated carbocycles. The number of aryl methyl sites for hydroxylation is 2. The Morgan fingerprint density at radius 2 is 1.86 bits per heavy atom. The zero-order valence-electron chi connectivity index (χ0n) is 15.7. The van der Waals surface area contributed by atoms with Crippen LogP contribution in [-0.4, -0.2) is 15.3 Å². The zero-order valence-corrected chi connectivity index (χ0v) is 17.9. The van der Waals surface area contributed by atoms with Crippen molar-refractivity contribution in [3.63, 3.8) is 0 Å². The number of halogens is 1. The first kappa shape index (κ1) is 20.1. The van der Waals surface area contributed by atoms with Gasteiger partial charge in [0.05, 0.1) is 10.9 Å². The highest BCUT2D eigenvalue weighted by molar-refractivity contribution is 5.97. The number of para-hydroxylation sites is 1. The minimum absolute atomic E-state index is 0. The van der Waals surface area contributed by atoms with Crippen LogP contribution < -0.4 is 34.0 Å². The van der Waals surface area contributed by atoms with E-state index in [1.165, 1.54) is 0 Å². The number of ketones is 1. The van der Waals surface area contributed by atoms with E-state index >= 15 is 0 Å². The Bertz CT molecular complexity index is 1240. The maximum atomic E-state index is 13.0. The maximum absolute atomic E-state index is 13.0. The van der Waals surface area contributed by atoms with E-state index in [1.807, 2.05) is 65.6 Å². The van der Waals surface area contributed by atoms with Crippen molar-refractivity contribution in [3.05, 3.63) is 82.4 Å². The molecule has 0 unspecified atom stereocenters. The number of nitrogens with zero attached hydrogens (tertiary/aromatic N) is 3. The number of pyridine rings is 3. The average molecular weight is 485 g/mol. The standard InChI is InChI=1S/C22H20N3O2.HI/c1-3-24-13-18(21(27)17-11-10-15(2)23-22(17)24)20(26)14-25-12-6-8-16-7-4-5-9-19(16)25;/h4-13H,3,14H2,1-2H3;1H/q+1;/p-1. The fourth-order valence-corrected chi connectivity index (χ4v) is 3.40. The van der Waals surface area contributed by atoms with Gasteiger partial charge in [0.25, 0.3) is 0 Å². The van der Waals surface area contributed by atoms with Crippen molar-refractivity contribution in [1.29, 1.82) is 0 Å². The maximum Gasteiger partial charge on any atom is 0.232 e. The Balaban J connectivity index is 0.00000225. The molecule has 6 heteroatoms. The van der Waals surface area contributed by atoms with E-state index in [9.17, 15) is 9.59 Å². The first-order chi connectivity index (χ1) is 13.1. The van der Waals surface area contributed by atoms with E-state index in [-0.39, 0.29) is 47.3 Å². The number of carbonyl (C=O) groups is 1. The molecule has 1 aromatic carbocycles. The summed E-state index contributed by atoms with van der Waals surface area (Å²) < 4.78 is 3.75. The van der Waals surface area contributed by atoms with E-state index < -0.39 is 0 Å². The number of fused-ring (bicyclic) bond motifs is 2. The molecule has 28 heavy (non-hydrogen) atoms. The Morgan fingerprint density at radius 1 is 1.11 bits per heavy atom. The number of aromatic nitrogens is 3. The number of carbonyl (C=O) groups excluding carboxylic acids is 1. The Hall–Kier alpha value is -2.61. The molecule has 0 atom stereocenters. The van der Waals surface area contributed by atoms with Gasteiger partial charge in [-0.15, -0.1) is 0 Å². The molecule has 0 N–H and O–H groups in total. The Labute approximate surface area is 179 Å². The van der Waals surface area contributed by atoms with Crippen LogP contribution in [0, 0.1) is 6.92 Å². The molecule has 0 radical (unpaired) electrons. The highest BCUT2D eigenvalue weighted by Gasteiger charge is 2.20. The van der Waals surface area contributed by atoms with Crippen LogP contribution in [0.4, 0.5) is 0 Å². The second kappa shape index (κ2) is 8.18. The quantitative estimate of drug-likeness (QED) is 0.233. The number of hydrogen-bond acceptors (Lipinski definition) is 3. The summed E-state index contributed by atoms with van der Waals surface area (Å²) in [5.74, 6) is -0.203. The molecule has 0 bridgehead atoms. The predicted octanol–water partition coefficient (Wildman–Crippen LogP) is 0.0524. The zero-order chi connectivity index (χ0) is 19.0. The molecule has 0 aliphatic heterocycles. The van der Waals surface area contributed by atoms with Crippen LogP contribution in [0.25, 0.3) is 21.9 Å². The lowest BCUT2D eigenvalue weighted by atomic mass is 10.1. The molecule has 0 fully saturated rings. The first-order valence-electron chi connectivity index (χ1n) is 8.99. The SMILES string of the molecule is CCn1cc(C(=O)C[n+]2cccc3ccccc32)c(=O)c2ccc(C)nc21.[I-]. The molecule has 0 spiro atoms. The smallest absolute Gasteiger partial charge is 0.232 e. The molecule has 142 valence electrons. The summed E-state index contributed by atoms with van der Waals surface area (Å²) in [5, 5.41) is 1.54. The van der Waals surface area contributed by atoms with Gasteiger partial charge >= 0.3 is 0 Å². The predicted molar refractivity (Wildman–Crippen MR) is 105 cm³/mol. The van der Waals surface area contributed by atoms with Gasteiger partial charge in [0.15, 0.2) is 6.20 Å². The van der Waals surface area contributed by atoms with Crippen molar-refractivity contribution >= 4 is 27.7 Å². The Morgan fingerprint density at radius 3 is 2.64 bits per heavy atom. The average Bonchev–Trinajstić information content (AvgIpc) is 2.68. The second-order valence-corrected chi connectivity index (χ2v) is 6.60. The molecule has 0 amide bonds. The third-order valence-electron chi connectivity index (χ3n) is 4.80. The van der Waals surface area contributed by atoms with Crippen LogP contribution in [0.2, 0.25) is 0 Å². The van der Waals surface area contributed by atoms with Gasteiger partial charge in [-0.05, 0) is 38.1 Å². The van der Waals surface area contributed by atoms with E-state index in [0.717, 1.165) is 16.6 Å². The van der Waals surface area contributed by atoms with Gasteiger partial charge in [0.1, 0.15) is 5.65 Å². The summed E-state index contributed by atoms with van der Waals surface area (Å²) in [7, 11) is 0. The molecule has 0 saturated heterocycles. The van der Waals surface area contributed by atoms with Gasteiger partial charge in [-0.1, -0.05) is 12.1 Å². The fourth-order valence-electron chi connectivity index (χ4n) is 3.40. The minimum atomic E-state index is -0.256. The number of Topliss-reactive ketones (excluding diaryl/α,β-unsaturated/α-hetero) is 1. The van der Waals surface area contributed by atoms with Gasteiger partial charge in [0, 0.05) is 36.0 Å². The van der Waals surface area contributed by atoms with Crippen LogP contribution in [0.15, 0.2) is 65.7 Å². The van der Waals surface area contributed by atoms with Gasteiger partial charge < -0.3 is 28.5 Å². The Kier molecular flexibility index (Phi) is 5.88. The number of hydrogen-bond donors (Lipinski definition) is 0. The van der Waals surface area contributed by atoms with Gasteiger partial charge in [-0.2, -0.15) is 4.57 Å². The lowest BCUT2D eigenvalue weighted by molar-refractivity contribution is -0.657. The molecule has 0 aliphatic rings. The highest BCUT2D eigenvalue weighted by atomic mass is 127. The highest BCUT2D eigenvalue weighted by Crippen LogP contribution is 2.12. The summed E-state index contributed by atoms with van der Waals surface area (Å²) in [5.41, 5.74) is 2.37. The fraction of sp³-hybridized carbons (Fsp3) is 0.182. The first-order valence-corrected chi connectivity index (χ1v) is 8.99. The van der Waals surface area contributed by atoms with Crippen molar-refractivity contribution in [2.24, 2.45) is 0 Å². The summed E-state index contributed by atoms with van der Waals surface area (Å²) >= 11 is 0. The summed E-state index contributed by atoms with van der Waals surface area (Å²) in [6.07, 6.45) is 3.51. The van der Waals surface area contributed by atoms with E-state index in [4.69, 9.17) is 0 Å². The molecular weight excluding hydrogens is 465 g/mol. The molecule has 4 aromatic rings. The summed E-state index contributed by atoms with van der Waals surface area (Å²) in [6.45, 7) is 4.61. The molecule has 3 heterocycles. The van der Waals surface area contributed by atoms with E-state index in [1.54, 1.807) is 18.3 Å². The van der Waals surface area contributed by atoms with Crippen molar-refractivity contribution in [2.45, 2.75) is 26.9 Å². The molecule has 4 rings (SSSR count). The van der Waals surface area contributed by atoms with E-state index in [2.05, 4.69) is 4.98 Å². The van der Waals surface area contributed by atoms with Crippen molar-refractivity contribution in [3.8, 4) is 0 Å². The lowest BCUT2D eigenvalue weighted by Gasteiger charge is -2.10. The third-order valence-corrected chi connectivity index (χ3v) is 4.80. The molecule has 5 nitrogen and oxygen atoms in total. The molecule has 0 aliphatic carbocycles. The van der Waals surface area contributed by atoms with Gasteiger partial charge in [0.2, 0.25) is 23.3 Å². The van der Waals surface area contributed by atoms with Crippen LogP contribution >= 0.6 is 0 Å². The van der Waals surface area contributed by atoms with Crippen LogP contribution in [0.3, 0.4) is 0 Å². The number of rotatable bonds is 4. The number of benzene rings is 1. The van der Waals surface area contributed by atoms with Crippen molar-refractivity contribution < 1.29 is 33.3 Å². The van der Waals surface area contributed by atoms with Crippen LogP contribution in [-0.2, 0) is 13.1 Å². The largest absolute Gasteiger partial charge is 1.00 e. The van der Waals surface area contributed by atoms with Gasteiger partial charge in [-0.25, -0.2) is 4.98 Å². The topological polar surface area (TPSA) is 55.8 Å². The van der Waals surface area contributed by atoms with Crippen molar-refractivity contribution in [2.75, 3.05) is 0 Å². The van der Waals surface area contributed by atoms with Crippen LogP contribution in [0.1, 0.15) is 23.0 Å². The summed E-state index contributed by atoms with van der Waals surface area (Å²) in [6, 6.07) is 15.4. The minimum Gasteiger partial charge on any atom is -1.00 e. The van der Waals surface area contributed by atoms with Crippen LogP contribution in [0.5, 0.6) is 0 Å². The molecular formula is C22H20IN3O2. The van der Waals surface area contributed by atoms with Crippen molar-refractivity contribution in [1.82, 2.24) is 9.55 Å². The summed E-state index contributed by atoms with van der Waals surface area (Å²) in [4.78, 5) is 30.4. The van der Waals surface area contributed by atoms with Gasteiger partial charge in [-0.3, -0.25) is 9.59 Å². The molecule has 3 aromatic heterocycles. The normalized spacial score (nSPS) is 10.8. The second-order valence-electron chi connectivity index (χ2n) is 6.60. The lowest BCUT2D eigenvalue weighted by Crippen LogP contribution is -3.00. The monoisotopic (exact) mass is 485 g/mol.